The number of Topliss-reactive ketones (excluding diaryl/α,β-unsaturated/α-hetero) is 1. The van der Waals surface area contributed by atoms with E-state index in [0.717, 1.165) is 38.3 Å². The highest BCUT2D eigenvalue weighted by atomic mass is 32.2. The fraction of sp³-hybridized carbons (Fsp3) is 0.438. The number of ketones is 1. The molecule has 1 unspecified atom stereocenters. The predicted molar refractivity (Wildman–Crippen MR) is 96.4 cm³/mol. The van der Waals surface area contributed by atoms with E-state index < -0.39 is 0 Å². The third-order valence-corrected chi connectivity index (χ3v) is 5.61. The lowest BCUT2D eigenvalue weighted by Gasteiger charge is -2.08. The van der Waals surface area contributed by atoms with Gasteiger partial charge in [-0.25, -0.2) is 4.98 Å². The number of benzene rings is 1. The Bertz CT molecular complexity index is 736. The standard InChI is InChI=1S/C16H19N3OS2/c1-9(2)7-17-11-4-5-12-14(6-11)22-16(18-12)15-19-13(8-21-15)10(3)20/h4-6,9,13,17H,7-8H2,1-3H3. The van der Waals surface area contributed by atoms with Crippen LogP contribution in [0.3, 0.4) is 0 Å². The van der Waals surface area contributed by atoms with Gasteiger partial charge in [0.05, 0.1) is 10.2 Å². The molecule has 0 amide bonds. The van der Waals surface area contributed by atoms with Crippen LogP contribution in [0.2, 0.25) is 0 Å². The van der Waals surface area contributed by atoms with Crippen LogP contribution in [-0.4, -0.2) is 34.2 Å². The second kappa shape index (κ2) is 6.38. The fourth-order valence-electron chi connectivity index (χ4n) is 2.15. The smallest absolute Gasteiger partial charge is 0.155 e. The summed E-state index contributed by atoms with van der Waals surface area (Å²) < 4.78 is 1.15. The molecule has 1 aliphatic rings. The number of nitrogens with zero attached hydrogens (tertiary/aromatic N) is 2. The van der Waals surface area contributed by atoms with Crippen molar-refractivity contribution in [2.75, 3.05) is 17.6 Å². The Morgan fingerprint density at radius 1 is 1.45 bits per heavy atom. The maximum atomic E-state index is 11.4. The summed E-state index contributed by atoms with van der Waals surface area (Å²) in [6.07, 6.45) is 0. The molecule has 1 aliphatic heterocycles. The first kappa shape index (κ1) is 15.5. The number of aliphatic imine (C=N–C) groups is 1. The zero-order valence-corrected chi connectivity index (χ0v) is 14.6. The number of thiazole rings is 1. The van der Waals surface area contributed by atoms with Crippen molar-refractivity contribution >= 4 is 49.8 Å². The molecule has 6 heteroatoms. The molecular formula is C16H19N3OS2. The van der Waals surface area contributed by atoms with Crippen LogP contribution in [0.15, 0.2) is 23.2 Å². The normalized spacial score (nSPS) is 18.0. The van der Waals surface area contributed by atoms with Crippen LogP contribution in [0.1, 0.15) is 25.8 Å². The van der Waals surface area contributed by atoms with Crippen LogP contribution >= 0.6 is 23.1 Å². The Labute approximate surface area is 138 Å². The molecule has 1 aromatic carbocycles. The van der Waals surface area contributed by atoms with Gasteiger partial charge in [-0.1, -0.05) is 13.8 Å². The van der Waals surface area contributed by atoms with Gasteiger partial charge >= 0.3 is 0 Å². The van der Waals surface area contributed by atoms with E-state index in [1.807, 2.05) is 6.07 Å². The molecule has 0 saturated carbocycles. The molecule has 22 heavy (non-hydrogen) atoms. The third kappa shape index (κ3) is 3.33. The van der Waals surface area contributed by atoms with Gasteiger partial charge in [0.1, 0.15) is 16.1 Å². The lowest BCUT2D eigenvalue weighted by Crippen LogP contribution is -2.14. The first-order valence-corrected chi connectivity index (χ1v) is 9.19. The number of fused-ring (bicyclic) bond motifs is 1. The molecule has 1 aromatic heterocycles. The summed E-state index contributed by atoms with van der Waals surface area (Å²) in [4.78, 5) is 20.6. The summed E-state index contributed by atoms with van der Waals surface area (Å²) >= 11 is 3.27. The minimum Gasteiger partial charge on any atom is -0.385 e. The van der Waals surface area contributed by atoms with Gasteiger partial charge in [-0.2, -0.15) is 0 Å². The average Bonchev–Trinajstić information content (AvgIpc) is 3.10. The molecule has 4 nitrogen and oxygen atoms in total. The predicted octanol–water partition coefficient (Wildman–Crippen LogP) is 3.82. The zero-order chi connectivity index (χ0) is 15.7. The molecule has 2 aromatic rings. The van der Waals surface area contributed by atoms with Gasteiger partial charge < -0.3 is 5.32 Å². The van der Waals surface area contributed by atoms with Crippen LogP contribution in [0.4, 0.5) is 5.69 Å². The van der Waals surface area contributed by atoms with Crippen molar-refractivity contribution in [3.63, 3.8) is 0 Å². The monoisotopic (exact) mass is 333 g/mol. The van der Waals surface area contributed by atoms with Gasteiger partial charge in [-0.3, -0.25) is 9.79 Å². The van der Waals surface area contributed by atoms with Crippen LogP contribution in [0.5, 0.6) is 0 Å². The Balaban J connectivity index is 1.84. The van der Waals surface area contributed by atoms with Gasteiger partial charge in [0, 0.05) is 18.0 Å². The first-order valence-electron chi connectivity index (χ1n) is 7.39. The lowest BCUT2D eigenvalue weighted by atomic mass is 10.2. The number of anilines is 1. The minimum absolute atomic E-state index is 0.129. The van der Waals surface area contributed by atoms with E-state index in [0.29, 0.717) is 5.92 Å². The van der Waals surface area contributed by atoms with Crippen molar-refractivity contribution in [1.82, 2.24) is 4.98 Å². The Kier molecular flexibility index (Phi) is 4.49. The summed E-state index contributed by atoms with van der Waals surface area (Å²) in [5, 5.41) is 5.26. The third-order valence-electron chi connectivity index (χ3n) is 3.41. The number of rotatable bonds is 5. The van der Waals surface area contributed by atoms with Gasteiger partial charge in [0.25, 0.3) is 0 Å². The van der Waals surface area contributed by atoms with E-state index in [4.69, 9.17) is 0 Å². The minimum atomic E-state index is -0.199. The summed E-state index contributed by atoms with van der Waals surface area (Å²) in [7, 11) is 0. The molecular weight excluding hydrogens is 314 g/mol. The van der Waals surface area contributed by atoms with Crippen LogP contribution in [0.25, 0.3) is 10.2 Å². The molecule has 0 spiro atoms. The van der Waals surface area contributed by atoms with Crippen molar-refractivity contribution in [3.05, 3.63) is 23.2 Å². The molecule has 1 atom stereocenters. The Hall–Kier alpha value is -1.40. The summed E-state index contributed by atoms with van der Waals surface area (Å²) in [5.41, 5.74) is 2.11. The van der Waals surface area contributed by atoms with Gasteiger partial charge in [-0.05, 0) is 31.0 Å². The maximum Gasteiger partial charge on any atom is 0.155 e. The fourth-order valence-corrected chi connectivity index (χ4v) is 4.34. The van der Waals surface area contributed by atoms with Gasteiger partial charge in [0.15, 0.2) is 5.78 Å². The number of carbonyl (C=O) groups excluding carboxylic acids is 1. The summed E-state index contributed by atoms with van der Waals surface area (Å²) in [6.45, 7) is 6.94. The number of aromatic nitrogens is 1. The van der Waals surface area contributed by atoms with E-state index in [2.05, 4.69) is 41.3 Å². The molecule has 116 valence electrons. The Morgan fingerprint density at radius 2 is 2.27 bits per heavy atom. The molecule has 0 bridgehead atoms. The maximum absolute atomic E-state index is 11.4. The number of hydrogen-bond acceptors (Lipinski definition) is 6. The van der Waals surface area contributed by atoms with Crippen molar-refractivity contribution in [2.45, 2.75) is 26.8 Å². The van der Waals surface area contributed by atoms with Gasteiger partial charge in [0.2, 0.25) is 0 Å². The van der Waals surface area contributed by atoms with Crippen molar-refractivity contribution in [1.29, 1.82) is 0 Å². The second-order valence-electron chi connectivity index (χ2n) is 5.85. The highest BCUT2D eigenvalue weighted by molar-refractivity contribution is 8.15. The molecule has 1 N–H and O–H groups in total. The Morgan fingerprint density at radius 3 is 2.95 bits per heavy atom. The van der Waals surface area contributed by atoms with Crippen LogP contribution in [-0.2, 0) is 4.79 Å². The number of nitrogens with one attached hydrogen (secondary N) is 1. The number of hydrogen-bond donors (Lipinski definition) is 1. The van der Waals surface area contributed by atoms with Crippen molar-refractivity contribution in [2.24, 2.45) is 10.9 Å². The second-order valence-corrected chi connectivity index (χ2v) is 7.89. The van der Waals surface area contributed by atoms with Crippen LogP contribution < -0.4 is 5.32 Å². The van der Waals surface area contributed by atoms with Crippen LogP contribution in [0, 0.1) is 5.92 Å². The average molecular weight is 333 g/mol. The topological polar surface area (TPSA) is 54.4 Å². The summed E-state index contributed by atoms with van der Waals surface area (Å²) in [5.74, 6) is 1.48. The summed E-state index contributed by atoms with van der Waals surface area (Å²) in [6, 6.07) is 6.05. The molecule has 0 saturated heterocycles. The largest absolute Gasteiger partial charge is 0.385 e. The zero-order valence-electron chi connectivity index (χ0n) is 12.9. The van der Waals surface area contributed by atoms with E-state index in [1.54, 1.807) is 30.0 Å². The first-order chi connectivity index (χ1) is 10.5. The molecule has 0 fully saturated rings. The van der Waals surface area contributed by atoms with E-state index >= 15 is 0 Å². The molecule has 2 heterocycles. The van der Waals surface area contributed by atoms with E-state index in [1.165, 1.54) is 0 Å². The molecule has 0 aliphatic carbocycles. The van der Waals surface area contributed by atoms with E-state index in [-0.39, 0.29) is 11.8 Å². The van der Waals surface area contributed by atoms with E-state index in [9.17, 15) is 4.79 Å². The van der Waals surface area contributed by atoms with Crippen molar-refractivity contribution < 1.29 is 4.79 Å². The SMILES string of the molecule is CC(=O)C1CSC(c2nc3ccc(NCC(C)C)cc3s2)=N1. The number of carbonyl (C=O) groups is 1. The lowest BCUT2D eigenvalue weighted by molar-refractivity contribution is -0.117. The highest BCUT2D eigenvalue weighted by Crippen LogP contribution is 2.31. The quantitative estimate of drug-likeness (QED) is 0.904. The highest BCUT2D eigenvalue weighted by Gasteiger charge is 2.24. The molecule has 0 radical (unpaired) electrons. The molecule has 3 rings (SSSR count). The van der Waals surface area contributed by atoms with Crippen molar-refractivity contribution in [3.8, 4) is 0 Å². The van der Waals surface area contributed by atoms with Gasteiger partial charge in [-0.15, -0.1) is 23.1 Å². The number of thioether (sulfide) groups is 1.